The molecule has 1 rings (SSSR count). The van der Waals surface area contributed by atoms with Gasteiger partial charge in [0.25, 0.3) is 0 Å². The van der Waals surface area contributed by atoms with Gasteiger partial charge in [0.1, 0.15) is 0 Å². The average Bonchev–Trinajstić information content (AvgIpc) is 2.51. The minimum absolute atomic E-state index is 0. The molecule has 25 heavy (non-hydrogen) atoms. The van der Waals surface area contributed by atoms with Crippen LogP contribution >= 0.6 is 12.4 Å². The first kappa shape index (κ1) is 23.7. The lowest BCUT2D eigenvalue weighted by atomic mass is 10.0. The molecule has 4 N–H and O–H groups in total. The lowest BCUT2D eigenvalue weighted by Gasteiger charge is -2.33. The van der Waals surface area contributed by atoms with Gasteiger partial charge in [-0.1, -0.05) is 27.7 Å². The maximum absolute atomic E-state index is 12.0. The Morgan fingerprint density at radius 3 is 2.16 bits per heavy atom. The highest BCUT2D eigenvalue weighted by Gasteiger charge is 2.24. The van der Waals surface area contributed by atoms with Gasteiger partial charge in [0, 0.05) is 25.6 Å². The van der Waals surface area contributed by atoms with Crippen molar-refractivity contribution in [1.29, 1.82) is 0 Å². The molecule has 0 unspecified atom stereocenters. The van der Waals surface area contributed by atoms with Crippen LogP contribution in [0.15, 0.2) is 0 Å². The molecule has 0 aromatic rings. The number of halogens is 1. The molecular weight excluding hydrogens is 344 g/mol. The second-order valence-corrected chi connectivity index (χ2v) is 7.31. The molecule has 1 aliphatic heterocycles. The minimum atomic E-state index is -0.604. The third-order valence-electron chi connectivity index (χ3n) is 4.24. The van der Waals surface area contributed by atoms with Gasteiger partial charge in [0.05, 0.1) is 12.6 Å². The molecule has 146 valence electrons. The van der Waals surface area contributed by atoms with Crippen molar-refractivity contribution in [2.45, 2.75) is 59.0 Å². The fraction of sp³-hybridized carbons (Fsp3) is 0.824. The topological polar surface area (TPSA) is 105 Å². The number of nitrogens with two attached hydrogens (primary N) is 1. The Morgan fingerprint density at radius 2 is 1.68 bits per heavy atom. The van der Waals surface area contributed by atoms with Crippen molar-refractivity contribution in [3.63, 3.8) is 0 Å². The molecule has 0 radical (unpaired) electrons. The summed E-state index contributed by atoms with van der Waals surface area (Å²) in [5.74, 6) is 0.0433. The Bertz CT molecular complexity index is 449. The zero-order valence-electron chi connectivity index (χ0n) is 15.7. The van der Waals surface area contributed by atoms with E-state index in [1.54, 1.807) is 0 Å². The highest BCUT2D eigenvalue weighted by Crippen LogP contribution is 2.13. The molecule has 0 saturated carbocycles. The molecule has 1 atom stereocenters. The Kier molecular flexibility index (Phi) is 10.7. The second-order valence-electron chi connectivity index (χ2n) is 7.31. The van der Waals surface area contributed by atoms with E-state index in [0.717, 1.165) is 12.8 Å². The van der Waals surface area contributed by atoms with Crippen LogP contribution in [-0.2, 0) is 14.4 Å². The van der Waals surface area contributed by atoms with Crippen LogP contribution in [0.4, 0.5) is 0 Å². The van der Waals surface area contributed by atoms with Gasteiger partial charge in [-0.2, -0.15) is 0 Å². The van der Waals surface area contributed by atoms with Gasteiger partial charge in [-0.15, -0.1) is 12.4 Å². The maximum atomic E-state index is 12.0. The van der Waals surface area contributed by atoms with E-state index in [9.17, 15) is 14.4 Å². The lowest BCUT2D eigenvalue weighted by Crippen LogP contribution is -2.50. The first-order valence-corrected chi connectivity index (χ1v) is 8.81. The predicted octanol–water partition coefficient (Wildman–Crippen LogP) is 0.661. The fourth-order valence-electron chi connectivity index (χ4n) is 2.62. The summed E-state index contributed by atoms with van der Waals surface area (Å²) in [5.41, 5.74) is 5.73. The smallest absolute Gasteiger partial charge is 0.239 e. The molecular formula is C17H33ClN4O3. The van der Waals surface area contributed by atoms with Crippen molar-refractivity contribution in [2.75, 3.05) is 19.6 Å². The highest BCUT2D eigenvalue weighted by atomic mass is 35.5. The molecule has 0 bridgehead atoms. The van der Waals surface area contributed by atoms with E-state index in [1.165, 1.54) is 0 Å². The molecule has 7 nitrogen and oxygen atoms in total. The number of piperidine rings is 1. The summed E-state index contributed by atoms with van der Waals surface area (Å²) in [4.78, 5) is 37.5. The van der Waals surface area contributed by atoms with Crippen LogP contribution in [0.25, 0.3) is 0 Å². The monoisotopic (exact) mass is 376 g/mol. The molecule has 0 spiro atoms. The first-order chi connectivity index (χ1) is 11.2. The molecule has 8 heteroatoms. The number of amides is 3. The van der Waals surface area contributed by atoms with Gasteiger partial charge in [-0.3, -0.25) is 14.4 Å². The number of likely N-dealkylation sites (tertiary alicyclic amines) is 1. The second kappa shape index (κ2) is 11.3. The Labute approximate surface area is 156 Å². The summed E-state index contributed by atoms with van der Waals surface area (Å²) < 4.78 is 0. The zero-order valence-corrected chi connectivity index (χ0v) is 16.5. The number of carbonyl (C=O) groups is 3. The van der Waals surface area contributed by atoms with Gasteiger partial charge in [0.2, 0.25) is 17.7 Å². The zero-order chi connectivity index (χ0) is 18.3. The number of carbonyl (C=O) groups excluding carboxylic acids is 3. The molecule has 1 heterocycles. The summed E-state index contributed by atoms with van der Waals surface area (Å²) in [6, 6.07) is -0.552. The molecule has 0 aromatic carbocycles. The number of rotatable bonds is 7. The third-order valence-corrected chi connectivity index (χ3v) is 4.24. The predicted molar refractivity (Wildman–Crippen MR) is 100 cm³/mol. The van der Waals surface area contributed by atoms with Crippen LogP contribution < -0.4 is 16.4 Å². The van der Waals surface area contributed by atoms with Crippen LogP contribution in [0, 0.1) is 11.8 Å². The molecule has 1 aliphatic rings. The Hall–Kier alpha value is -1.34. The standard InChI is InChI=1S/C17H32N4O3.ClH/c1-11(2)9-15(23)21-7-5-13(6-8-21)20-14(22)10-19-17(24)16(18)12(3)4;/h11-13,16H,5-10,18H2,1-4H3,(H,19,24)(H,20,22);1H/t16-;/m0./s1. The summed E-state index contributed by atoms with van der Waals surface area (Å²) in [5, 5.41) is 5.47. The number of nitrogens with zero attached hydrogens (tertiary/aromatic N) is 1. The number of hydrogen-bond donors (Lipinski definition) is 3. The Balaban J connectivity index is 0.00000576. The van der Waals surface area contributed by atoms with E-state index < -0.39 is 6.04 Å². The van der Waals surface area contributed by atoms with Crippen LogP contribution in [0.5, 0.6) is 0 Å². The van der Waals surface area contributed by atoms with E-state index in [1.807, 2.05) is 32.6 Å². The van der Waals surface area contributed by atoms with Crippen LogP contribution in [0.2, 0.25) is 0 Å². The lowest BCUT2D eigenvalue weighted by molar-refractivity contribution is -0.133. The maximum Gasteiger partial charge on any atom is 0.239 e. The summed E-state index contributed by atoms with van der Waals surface area (Å²) in [6.45, 7) is 9.06. The number of nitrogens with one attached hydrogen (secondary N) is 2. The molecule has 1 fully saturated rings. The van der Waals surface area contributed by atoms with E-state index in [4.69, 9.17) is 5.73 Å². The molecule has 0 aromatic heterocycles. The van der Waals surface area contributed by atoms with E-state index in [0.29, 0.717) is 25.4 Å². The molecule has 1 saturated heterocycles. The van der Waals surface area contributed by atoms with Gasteiger partial charge < -0.3 is 21.3 Å². The largest absolute Gasteiger partial charge is 0.352 e. The number of hydrogen-bond acceptors (Lipinski definition) is 4. The molecule has 3 amide bonds. The quantitative estimate of drug-likeness (QED) is 0.607. The van der Waals surface area contributed by atoms with Crippen molar-refractivity contribution in [3.8, 4) is 0 Å². The average molecular weight is 377 g/mol. The van der Waals surface area contributed by atoms with Crippen molar-refractivity contribution >= 4 is 30.1 Å². The first-order valence-electron chi connectivity index (χ1n) is 8.81. The summed E-state index contributed by atoms with van der Waals surface area (Å²) >= 11 is 0. The normalized spacial score (nSPS) is 16.4. The third kappa shape index (κ3) is 8.54. The van der Waals surface area contributed by atoms with Crippen molar-refractivity contribution < 1.29 is 14.4 Å². The fourth-order valence-corrected chi connectivity index (χ4v) is 2.62. The SMILES string of the molecule is CC(C)CC(=O)N1CCC(NC(=O)CNC(=O)[C@@H](N)C(C)C)CC1.Cl. The van der Waals surface area contributed by atoms with Gasteiger partial charge in [-0.05, 0) is 24.7 Å². The van der Waals surface area contributed by atoms with Crippen molar-refractivity contribution in [3.05, 3.63) is 0 Å². The minimum Gasteiger partial charge on any atom is -0.352 e. The molecule has 0 aliphatic carbocycles. The Morgan fingerprint density at radius 1 is 1.12 bits per heavy atom. The van der Waals surface area contributed by atoms with Crippen molar-refractivity contribution in [2.24, 2.45) is 17.6 Å². The van der Waals surface area contributed by atoms with Crippen LogP contribution in [0.3, 0.4) is 0 Å². The van der Waals surface area contributed by atoms with Crippen molar-refractivity contribution in [1.82, 2.24) is 15.5 Å². The summed E-state index contributed by atoms with van der Waals surface area (Å²) in [6.07, 6.45) is 2.06. The van der Waals surface area contributed by atoms with E-state index in [-0.39, 0.29) is 48.6 Å². The van der Waals surface area contributed by atoms with Crippen LogP contribution in [0.1, 0.15) is 47.0 Å². The van der Waals surface area contributed by atoms with Gasteiger partial charge in [-0.25, -0.2) is 0 Å². The van der Waals surface area contributed by atoms with E-state index in [2.05, 4.69) is 10.6 Å². The highest BCUT2D eigenvalue weighted by molar-refractivity contribution is 5.87. The van der Waals surface area contributed by atoms with Gasteiger partial charge in [0.15, 0.2) is 0 Å². The van der Waals surface area contributed by atoms with Gasteiger partial charge >= 0.3 is 0 Å². The van der Waals surface area contributed by atoms with Crippen LogP contribution in [-0.4, -0.2) is 54.3 Å². The summed E-state index contributed by atoms with van der Waals surface area (Å²) in [7, 11) is 0. The van der Waals surface area contributed by atoms with E-state index >= 15 is 0 Å².